The predicted octanol–water partition coefficient (Wildman–Crippen LogP) is 5.87. The Morgan fingerprint density at radius 2 is 1.83 bits per heavy atom. The highest BCUT2D eigenvalue weighted by molar-refractivity contribution is 7.99. The molecular weight excluding hydrogens is 536 g/mol. The van der Waals surface area contributed by atoms with Gasteiger partial charge in [0.25, 0.3) is 0 Å². The van der Waals surface area contributed by atoms with Crippen LogP contribution in [0.25, 0.3) is 0 Å². The van der Waals surface area contributed by atoms with Gasteiger partial charge >= 0.3 is 5.97 Å². The Bertz CT molecular complexity index is 1620. The molecular formula is C32H30N4O4S. The molecule has 8 nitrogen and oxygen atoms in total. The van der Waals surface area contributed by atoms with Crippen LogP contribution in [0.2, 0.25) is 0 Å². The van der Waals surface area contributed by atoms with E-state index in [1.165, 1.54) is 11.8 Å². The molecule has 0 saturated carbocycles. The van der Waals surface area contributed by atoms with Gasteiger partial charge in [-0.2, -0.15) is 10.5 Å². The number of thioether (sulfide) groups is 1. The van der Waals surface area contributed by atoms with Crippen molar-refractivity contribution in [2.24, 2.45) is 5.73 Å². The van der Waals surface area contributed by atoms with Crippen LogP contribution < -0.4 is 10.5 Å². The van der Waals surface area contributed by atoms with E-state index in [1.54, 1.807) is 19.1 Å². The number of carbonyl (C=O) groups is 1. The van der Waals surface area contributed by atoms with Gasteiger partial charge < -0.3 is 19.9 Å². The number of benzene rings is 2. The van der Waals surface area contributed by atoms with Crippen LogP contribution in [0, 0.1) is 43.4 Å². The molecule has 41 heavy (non-hydrogen) atoms. The summed E-state index contributed by atoms with van der Waals surface area (Å²) in [7, 11) is 0. The Labute approximate surface area is 244 Å². The molecule has 0 amide bonds. The summed E-state index contributed by atoms with van der Waals surface area (Å²) >= 11 is 1.26. The minimum atomic E-state index is -0.839. The van der Waals surface area contributed by atoms with E-state index in [0.717, 1.165) is 22.4 Å². The molecule has 208 valence electrons. The Balaban J connectivity index is 1.75. The summed E-state index contributed by atoms with van der Waals surface area (Å²) in [4.78, 5) is 18.0. The number of nitriles is 2. The number of allylic oxidation sites excluding steroid dienone is 1. The lowest BCUT2D eigenvalue weighted by atomic mass is 9.83. The van der Waals surface area contributed by atoms with E-state index in [0.29, 0.717) is 28.5 Å². The van der Waals surface area contributed by atoms with E-state index in [4.69, 9.17) is 19.9 Å². The van der Waals surface area contributed by atoms with E-state index in [9.17, 15) is 15.3 Å². The molecule has 0 radical (unpaired) electrons. The van der Waals surface area contributed by atoms with Crippen molar-refractivity contribution in [3.8, 4) is 17.9 Å². The molecule has 0 aliphatic carbocycles. The van der Waals surface area contributed by atoms with Crippen LogP contribution in [0.4, 0.5) is 0 Å². The van der Waals surface area contributed by atoms with Crippen LogP contribution in [0.15, 0.2) is 82.4 Å². The lowest BCUT2D eigenvalue weighted by Gasteiger charge is -2.28. The van der Waals surface area contributed by atoms with Gasteiger partial charge in [0, 0.05) is 5.69 Å². The summed E-state index contributed by atoms with van der Waals surface area (Å²) in [5.41, 5.74) is 11.2. The maximum absolute atomic E-state index is 13.4. The number of nitrogens with two attached hydrogens (primary N) is 1. The molecule has 0 spiro atoms. The van der Waals surface area contributed by atoms with Crippen molar-refractivity contribution < 1.29 is 19.0 Å². The SMILES string of the molecule is CCOC(=O)C1=C(CSc2nc(C)c(C)c(C)c2C#N)OC(N)=C(C#N)[C@@H]1c1cccc(OCc2ccccc2)c1. The van der Waals surface area contributed by atoms with Gasteiger partial charge in [-0.15, -0.1) is 0 Å². The van der Waals surface area contributed by atoms with Gasteiger partial charge in [-0.1, -0.05) is 54.2 Å². The Morgan fingerprint density at radius 1 is 1.07 bits per heavy atom. The van der Waals surface area contributed by atoms with Gasteiger partial charge in [-0.05, 0) is 62.1 Å². The van der Waals surface area contributed by atoms with Crippen molar-refractivity contribution in [1.82, 2.24) is 4.98 Å². The second-order valence-corrected chi connectivity index (χ2v) is 10.3. The highest BCUT2D eigenvalue weighted by Crippen LogP contribution is 2.42. The van der Waals surface area contributed by atoms with Gasteiger partial charge in [0.2, 0.25) is 5.88 Å². The highest BCUT2D eigenvalue weighted by atomic mass is 32.2. The van der Waals surface area contributed by atoms with Crippen LogP contribution in [-0.2, 0) is 20.9 Å². The maximum atomic E-state index is 13.4. The average Bonchev–Trinajstić information content (AvgIpc) is 2.98. The number of hydrogen-bond acceptors (Lipinski definition) is 9. The molecule has 2 heterocycles. The van der Waals surface area contributed by atoms with Crippen molar-refractivity contribution in [3.63, 3.8) is 0 Å². The molecule has 2 N–H and O–H groups in total. The van der Waals surface area contributed by atoms with Crippen molar-refractivity contribution in [2.75, 3.05) is 12.4 Å². The largest absolute Gasteiger partial charge is 0.489 e. The molecule has 9 heteroatoms. The van der Waals surface area contributed by atoms with Crippen LogP contribution in [0.3, 0.4) is 0 Å². The summed E-state index contributed by atoms with van der Waals surface area (Å²) in [6.07, 6.45) is 0. The quantitative estimate of drug-likeness (QED) is 0.249. The molecule has 0 saturated heterocycles. The fourth-order valence-electron chi connectivity index (χ4n) is 4.50. The number of aromatic nitrogens is 1. The maximum Gasteiger partial charge on any atom is 0.338 e. The number of rotatable bonds is 9. The molecule has 2 aromatic carbocycles. The second-order valence-electron chi connectivity index (χ2n) is 9.36. The predicted molar refractivity (Wildman–Crippen MR) is 155 cm³/mol. The van der Waals surface area contributed by atoms with E-state index in [-0.39, 0.29) is 35.1 Å². The van der Waals surface area contributed by atoms with E-state index >= 15 is 0 Å². The highest BCUT2D eigenvalue weighted by Gasteiger charge is 2.38. The van der Waals surface area contributed by atoms with Gasteiger partial charge in [0.1, 0.15) is 40.9 Å². The fourth-order valence-corrected chi connectivity index (χ4v) is 5.52. The van der Waals surface area contributed by atoms with Crippen LogP contribution in [0.5, 0.6) is 5.75 Å². The molecule has 0 fully saturated rings. The molecule has 0 bridgehead atoms. The molecule has 0 unspecified atom stereocenters. The average molecular weight is 567 g/mol. The summed E-state index contributed by atoms with van der Waals surface area (Å²) in [6.45, 7) is 7.89. The minimum Gasteiger partial charge on any atom is -0.489 e. The van der Waals surface area contributed by atoms with Crippen LogP contribution in [-0.4, -0.2) is 23.3 Å². The van der Waals surface area contributed by atoms with Crippen LogP contribution in [0.1, 0.15) is 46.4 Å². The standard InChI is InChI=1S/C32H30N4O4S/c1-5-38-32(37)29-27(18-41-31-25(15-33)20(3)19(2)21(4)36-31)40-30(35)26(16-34)28(29)23-12-9-13-24(14-23)39-17-22-10-7-6-8-11-22/h6-14,28H,5,17-18,35H2,1-4H3/t28-/m0/s1. The van der Waals surface area contributed by atoms with Gasteiger partial charge in [-0.3, -0.25) is 0 Å². The molecule has 4 rings (SSSR count). The third-order valence-electron chi connectivity index (χ3n) is 6.85. The molecule has 1 aliphatic rings. The molecule has 1 atom stereocenters. The smallest absolute Gasteiger partial charge is 0.338 e. The van der Waals surface area contributed by atoms with E-state index < -0.39 is 11.9 Å². The first kappa shape index (κ1) is 29.3. The van der Waals surface area contributed by atoms with Crippen molar-refractivity contribution in [3.05, 3.63) is 111 Å². The zero-order valence-corrected chi connectivity index (χ0v) is 24.2. The fraction of sp³-hybridized carbons (Fsp3) is 0.250. The lowest BCUT2D eigenvalue weighted by Crippen LogP contribution is -2.27. The number of hydrogen-bond donors (Lipinski definition) is 1. The van der Waals surface area contributed by atoms with Gasteiger partial charge in [0.05, 0.1) is 29.4 Å². The molecule has 1 aromatic heterocycles. The van der Waals surface area contributed by atoms with E-state index in [1.807, 2.05) is 63.2 Å². The second kappa shape index (κ2) is 13.1. The minimum absolute atomic E-state index is 0.0958. The molecule has 3 aromatic rings. The summed E-state index contributed by atoms with van der Waals surface area (Å²) in [5, 5.41) is 20.4. The Morgan fingerprint density at radius 3 is 2.51 bits per heavy atom. The third kappa shape index (κ3) is 6.37. The topological polar surface area (TPSA) is 131 Å². The van der Waals surface area contributed by atoms with E-state index in [2.05, 4.69) is 17.1 Å². The number of carbonyl (C=O) groups excluding carboxylic acids is 1. The monoisotopic (exact) mass is 566 g/mol. The number of pyridine rings is 1. The summed E-state index contributed by atoms with van der Waals surface area (Å²) in [5.74, 6) is -0.602. The Hall–Kier alpha value is -4.73. The first-order valence-corrected chi connectivity index (χ1v) is 14.0. The Kier molecular flexibility index (Phi) is 9.34. The van der Waals surface area contributed by atoms with Gasteiger partial charge in [0.15, 0.2) is 0 Å². The first-order valence-electron chi connectivity index (χ1n) is 13.0. The number of esters is 1. The van der Waals surface area contributed by atoms with Crippen molar-refractivity contribution >= 4 is 17.7 Å². The normalized spacial score (nSPS) is 14.6. The third-order valence-corrected chi connectivity index (χ3v) is 7.82. The zero-order valence-electron chi connectivity index (χ0n) is 23.4. The number of nitrogens with zero attached hydrogens (tertiary/aromatic N) is 3. The van der Waals surface area contributed by atoms with Crippen molar-refractivity contribution in [1.29, 1.82) is 10.5 Å². The first-order chi connectivity index (χ1) is 19.8. The summed E-state index contributed by atoms with van der Waals surface area (Å²) in [6, 6.07) is 21.3. The molecule has 1 aliphatic heterocycles. The lowest BCUT2D eigenvalue weighted by molar-refractivity contribution is -0.139. The zero-order chi connectivity index (χ0) is 29.5. The van der Waals surface area contributed by atoms with Crippen LogP contribution >= 0.6 is 11.8 Å². The number of ether oxygens (including phenoxy) is 3. The summed E-state index contributed by atoms with van der Waals surface area (Å²) < 4.78 is 17.3. The van der Waals surface area contributed by atoms with Gasteiger partial charge in [-0.25, -0.2) is 9.78 Å². The van der Waals surface area contributed by atoms with Crippen molar-refractivity contribution in [2.45, 2.75) is 45.2 Å². The number of aryl methyl sites for hydroxylation is 1.